The molecule has 108 valence electrons. The second-order valence-electron chi connectivity index (χ2n) is 4.29. The molecule has 2 N–H and O–H groups in total. The SMILES string of the molecule is CCOC(=O)c1ccc(Cn2cnc3c(N)ncnc32)o1. The van der Waals surface area contributed by atoms with Crippen LogP contribution in [-0.2, 0) is 11.3 Å². The molecule has 21 heavy (non-hydrogen) atoms. The summed E-state index contributed by atoms with van der Waals surface area (Å²) in [6.45, 7) is 2.42. The summed E-state index contributed by atoms with van der Waals surface area (Å²) >= 11 is 0. The van der Waals surface area contributed by atoms with E-state index in [2.05, 4.69) is 15.0 Å². The zero-order valence-electron chi connectivity index (χ0n) is 11.3. The van der Waals surface area contributed by atoms with E-state index in [1.165, 1.54) is 6.33 Å². The molecule has 0 spiro atoms. The Balaban J connectivity index is 1.86. The third-order valence-corrected chi connectivity index (χ3v) is 2.89. The minimum absolute atomic E-state index is 0.172. The Bertz CT molecular complexity index is 792. The van der Waals surface area contributed by atoms with Gasteiger partial charge in [-0.15, -0.1) is 0 Å². The standard InChI is InChI=1S/C13H13N5O3/c1-2-20-13(19)9-4-3-8(21-9)5-18-7-17-10-11(14)15-6-16-12(10)18/h3-4,6-7H,2,5H2,1H3,(H2,14,15,16). The summed E-state index contributed by atoms with van der Waals surface area (Å²) in [7, 11) is 0. The zero-order chi connectivity index (χ0) is 14.8. The summed E-state index contributed by atoms with van der Waals surface area (Å²) in [6.07, 6.45) is 2.98. The molecule has 0 aliphatic rings. The van der Waals surface area contributed by atoms with Crippen LogP contribution in [0.3, 0.4) is 0 Å². The van der Waals surface area contributed by atoms with E-state index in [1.54, 1.807) is 30.0 Å². The van der Waals surface area contributed by atoms with Crippen LogP contribution in [0.1, 0.15) is 23.2 Å². The van der Waals surface area contributed by atoms with E-state index in [4.69, 9.17) is 14.9 Å². The minimum atomic E-state index is -0.481. The summed E-state index contributed by atoms with van der Waals surface area (Å²) < 4.78 is 12.1. The number of hydrogen-bond acceptors (Lipinski definition) is 7. The quantitative estimate of drug-likeness (QED) is 0.718. The summed E-state index contributed by atoms with van der Waals surface area (Å²) in [5, 5.41) is 0. The van der Waals surface area contributed by atoms with Gasteiger partial charge in [0.1, 0.15) is 17.6 Å². The average Bonchev–Trinajstić information content (AvgIpc) is 3.08. The fourth-order valence-corrected chi connectivity index (χ4v) is 1.96. The topological polar surface area (TPSA) is 109 Å². The van der Waals surface area contributed by atoms with Gasteiger partial charge in [0.2, 0.25) is 5.76 Å². The van der Waals surface area contributed by atoms with Crippen LogP contribution < -0.4 is 5.73 Å². The molecule has 0 amide bonds. The lowest BCUT2D eigenvalue weighted by molar-refractivity contribution is 0.0488. The molecule has 0 fully saturated rings. The van der Waals surface area contributed by atoms with Gasteiger partial charge in [0, 0.05) is 0 Å². The highest BCUT2D eigenvalue weighted by Gasteiger charge is 2.14. The number of nitrogen functional groups attached to an aromatic ring is 1. The number of carbonyl (C=O) groups is 1. The van der Waals surface area contributed by atoms with Crippen molar-refractivity contribution in [2.24, 2.45) is 0 Å². The number of fused-ring (bicyclic) bond motifs is 1. The predicted molar refractivity (Wildman–Crippen MR) is 73.5 cm³/mol. The van der Waals surface area contributed by atoms with E-state index in [0.717, 1.165) is 0 Å². The Morgan fingerprint density at radius 1 is 1.38 bits per heavy atom. The van der Waals surface area contributed by atoms with Crippen molar-refractivity contribution in [2.75, 3.05) is 12.3 Å². The number of nitrogens with zero attached hydrogens (tertiary/aromatic N) is 4. The molecule has 0 bridgehead atoms. The van der Waals surface area contributed by atoms with Gasteiger partial charge in [0.05, 0.1) is 19.5 Å². The Morgan fingerprint density at radius 2 is 2.24 bits per heavy atom. The maximum Gasteiger partial charge on any atom is 0.374 e. The Kier molecular flexibility index (Phi) is 3.27. The molecule has 0 saturated heterocycles. The van der Waals surface area contributed by atoms with E-state index in [9.17, 15) is 4.79 Å². The molecule has 0 aliphatic carbocycles. The normalized spacial score (nSPS) is 10.9. The molecule has 8 heteroatoms. The van der Waals surface area contributed by atoms with E-state index < -0.39 is 5.97 Å². The fraction of sp³-hybridized carbons (Fsp3) is 0.231. The fourth-order valence-electron chi connectivity index (χ4n) is 1.96. The highest BCUT2D eigenvalue weighted by atomic mass is 16.5. The lowest BCUT2D eigenvalue weighted by Gasteiger charge is -2.01. The number of nitrogens with two attached hydrogens (primary N) is 1. The monoisotopic (exact) mass is 287 g/mol. The molecule has 0 unspecified atom stereocenters. The van der Waals surface area contributed by atoms with Crippen molar-refractivity contribution in [1.29, 1.82) is 0 Å². The van der Waals surface area contributed by atoms with Crippen molar-refractivity contribution in [3.63, 3.8) is 0 Å². The Morgan fingerprint density at radius 3 is 3.05 bits per heavy atom. The predicted octanol–water partition coefficient (Wildman–Crippen LogP) is 1.23. The first kappa shape index (κ1) is 13.1. The number of rotatable bonds is 4. The van der Waals surface area contributed by atoms with Gasteiger partial charge in [0.25, 0.3) is 0 Å². The Labute approximate surface area is 119 Å². The summed E-state index contributed by atoms with van der Waals surface area (Å²) in [6, 6.07) is 3.29. The number of hydrogen-bond donors (Lipinski definition) is 1. The number of aromatic nitrogens is 4. The highest BCUT2D eigenvalue weighted by Crippen LogP contribution is 2.17. The smallest absolute Gasteiger partial charge is 0.374 e. The van der Waals surface area contributed by atoms with Crippen LogP contribution in [0.5, 0.6) is 0 Å². The maximum atomic E-state index is 11.5. The van der Waals surface area contributed by atoms with E-state index in [-0.39, 0.29) is 5.76 Å². The van der Waals surface area contributed by atoms with Crippen LogP contribution in [0.15, 0.2) is 29.2 Å². The Hall–Kier alpha value is -2.90. The molecule has 3 aromatic rings. The van der Waals surface area contributed by atoms with Crippen molar-refractivity contribution in [3.8, 4) is 0 Å². The molecule has 0 radical (unpaired) electrons. The average molecular weight is 287 g/mol. The van der Waals surface area contributed by atoms with Crippen LogP contribution >= 0.6 is 0 Å². The third-order valence-electron chi connectivity index (χ3n) is 2.89. The molecule has 0 saturated carbocycles. The number of imidazole rings is 1. The van der Waals surface area contributed by atoms with Crippen LogP contribution in [0.25, 0.3) is 11.2 Å². The second kappa shape index (κ2) is 5.23. The molecular weight excluding hydrogens is 274 g/mol. The van der Waals surface area contributed by atoms with Crippen LogP contribution in [0.2, 0.25) is 0 Å². The molecular formula is C13H13N5O3. The van der Waals surface area contributed by atoms with Crippen LogP contribution in [-0.4, -0.2) is 32.1 Å². The number of carbonyl (C=O) groups excluding carboxylic acids is 1. The number of esters is 1. The van der Waals surface area contributed by atoms with E-state index in [0.29, 0.717) is 35.9 Å². The minimum Gasteiger partial charge on any atom is -0.460 e. The van der Waals surface area contributed by atoms with Gasteiger partial charge in [-0.25, -0.2) is 19.7 Å². The second-order valence-corrected chi connectivity index (χ2v) is 4.29. The van der Waals surface area contributed by atoms with Crippen molar-refractivity contribution < 1.29 is 13.9 Å². The van der Waals surface area contributed by atoms with Crippen LogP contribution in [0.4, 0.5) is 5.82 Å². The van der Waals surface area contributed by atoms with Gasteiger partial charge in [-0.1, -0.05) is 0 Å². The highest BCUT2D eigenvalue weighted by molar-refractivity contribution is 5.86. The largest absolute Gasteiger partial charge is 0.460 e. The van der Waals surface area contributed by atoms with Gasteiger partial charge in [-0.2, -0.15) is 0 Å². The van der Waals surface area contributed by atoms with Gasteiger partial charge in [-0.3, -0.25) is 0 Å². The van der Waals surface area contributed by atoms with Gasteiger partial charge in [-0.05, 0) is 19.1 Å². The summed E-state index contributed by atoms with van der Waals surface area (Å²) in [5.74, 6) is 0.608. The first-order valence-corrected chi connectivity index (χ1v) is 6.36. The molecule has 0 atom stereocenters. The molecule has 3 rings (SSSR count). The summed E-state index contributed by atoms with van der Waals surface area (Å²) in [4.78, 5) is 23.7. The van der Waals surface area contributed by atoms with Gasteiger partial charge < -0.3 is 19.5 Å². The van der Waals surface area contributed by atoms with Crippen molar-refractivity contribution in [1.82, 2.24) is 19.5 Å². The maximum absolute atomic E-state index is 11.5. The number of ether oxygens (including phenoxy) is 1. The molecule has 0 aliphatic heterocycles. The van der Waals surface area contributed by atoms with Crippen molar-refractivity contribution >= 4 is 23.0 Å². The summed E-state index contributed by atoms with van der Waals surface area (Å²) in [5.41, 5.74) is 6.87. The third kappa shape index (κ3) is 2.42. The van der Waals surface area contributed by atoms with Crippen LogP contribution in [0, 0.1) is 0 Å². The molecule has 3 heterocycles. The van der Waals surface area contributed by atoms with Gasteiger partial charge >= 0.3 is 5.97 Å². The number of furan rings is 1. The van der Waals surface area contributed by atoms with E-state index >= 15 is 0 Å². The van der Waals surface area contributed by atoms with Crippen molar-refractivity contribution in [2.45, 2.75) is 13.5 Å². The lowest BCUT2D eigenvalue weighted by Crippen LogP contribution is -2.03. The zero-order valence-corrected chi connectivity index (χ0v) is 11.3. The molecule has 8 nitrogen and oxygen atoms in total. The molecule has 3 aromatic heterocycles. The first-order valence-electron chi connectivity index (χ1n) is 6.36. The van der Waals surface area contributed by atoms with Crippen molar-refractivity contribution in [3.05, 3.63) is 36.3 Å². The lowest BCUT2D eigenvalue weighted by atomic mass is 10.4. The number of anilines is 1. The molecule has 0 aromatic carbocycles. The van der Waals surface area contributed by atoms with E-state index in [1.807, 2.05) is 0 Å². The first-order chi connectivity index (χ1) is 10.2. The van der Waals surface area contributed by atoms with Gasteiger partial charge in [0.15, 0.2) is 11.5 Å².